The molecule has 0 aromatic heterocycles. The molecule has 160 valence electrons. The van der Waals surface area contributed by atoms with Crippen molar-refractivity contribution in [2.75, 3.05) is 46.4 Å². The summed E-state index contributed by atoms with van der Waals surface area (Å²) in [5.74, 6) is 0.554. The van der Waals surface area contributed by atoms with Crippen LogP contribution in [0.1, 0.15) is 47.5 Å². The molecule has 0 aliphatic carbocycles. The summed E-state index contributed by atoms with van der Waals surface area (Å²) in [5, 5.41) is 0. The molecule has 0 saturated carbocycles. The lowest BCUT2D eigenvalue weighted by molar-refractivity contribution is 0.179. The van der Waals surface area contributed by atoms with E-state index in [1.807, 2.05) is 11.9 Å². The molecule has 1 aliphatic rings. The van der Waals surface area contributed by atoms with Gasteiger partial charge in [0.1, 0.15) is 0 Å². The summed E-state index contributed by atoms with van der Waals surface area (Å²) in [4.78, 5) is 3.94. The number of hydrogen-bond donors (Lipinski definition) is 0. The number of piperazine rings is 1. The van der Waals surface area contributed by atoms with Gasteiger partial charge in [0.15, 0.2) is 0 Å². The van der Waals surface area contributed by atoms with Crippen molar-refractivity contribution in [3.05, 3.63) is 47.4 Å². The number of rotatable bonds is 12. The van der Waals surface area contributed by atoms with Crippen molar-refractivity contribution >= 4 is 11.9 Å². The zero-order chi connectivity index (χ0) is 20.8. The molecule has 0 radical (unpaired) electrons. The molecule has 0 bridgehead atoms. The van der Waals surface area contributed by atoms with E-state index < -0.39 is 0 Å². The monoisotopic (exact) mass is 406 g/mol. The minimum absolute atomic E-state index is 0.253. The van der Waals surface area contributed by atoms with Gasteiger partial charge in [0.2, 0.25) is 0 Å². The Bertz CT molecular complexity index is 527. The zero-order valence-corrected chi connectivity index (χ0v) is 19.8. The second kappa shape index (κ2) is 14.2. The average Bonchev–Trinajstić information content (AvgIpc) is 2.64. The summed E-state index contributed by atoms with van der Waals surface area (Å²) in [6.07, 6.45) is 17.9. The summed E-state index contributed by atoms with van der Waals surface area (Å²) in [5.41, 5.74) is 0.253. The van der Waals surface area contributed by atoms with E-state index in [-0.39, 0.29) is 5.41 Å². The van der Waals surface area contributed by atoms with Crippen LogP contribution in [0.15, 0.2) is 47.4 Å². The lowest BCUT2D eigenvalue weighted by atomic mass is 9.88. The molecule has 0 unspecified atom stereocenters. The van der Waals surface area contributed by atoms with E-state index in [0.717, 1.165) is 32.6 Å². The van der Waals surface area contributed by atoms with E-state index in [1.54, 1.807) is 7.11 Å². The SMILES string of the molecule is CC/C=C\C=C/C(C)(C)CCN1CCN(SC(/C=C\COC)=C/C(C)C)CC1. The third-order valence-electron chi connectivity index (χ3n) is 4.71. The highest BCUT2D eigenvalue weighted by atomic mass is 32.2. The fourth-order valence-corrected chi connectivity index (χ4v) is 4.09. The number of hydrogen-bond acceptors (Lipinski definition) is 4. The molecule has 1 fully saturated rings. The van der Waals surface area contributed by atoms with Gasteiger partial charge >= 0.3 is 0 Å². The molecule has 0 aromatic carbocycles. The summed E-state index contributed by atoms with van der Waals surface area (Å²) < 4.78 is 7.64. The lowest BCUT2D eigenvalue weighted by Gasteiger charge is -2.35. The van der Waals surface area contributed by atoms with E-state index in [4.69, 9.17) is 4.74 Å². The first-order valence-corrected chi connectivity index (χ1v) is 11.5. The van der Waals surface area contributed by atoms with Crippen LogP contribution in [-0.4, -0.2) is 55.6 Å². The van der Waals surface area contributed by atoms with Crippen molar-refractivity contribution in [3.63, 3.8) is 0 Å². The maximum absolute atomic E-state index is 5.14. The molecule has 1 rings (SSSR count). The highest BCUT2D eigenvalue weighted by Crippen LogP contribution is 2.27. The van der Waals surface area contributed by atoms with Crippen molar-refractivity contribution in [1.29, 1.82) is 0 Å². The van der Waals surface area contributed by atoms with Gasteiger partial charge in [-0.2, -0.15) is 0 Å². The fourth-order valence-electron chi connectivity index (χ4n) is 2.96. The van der Waals surface area contributed by atoms with Crippen LogP contribution in [0.2, 0.25) is 0 Å². The maximum Gasteiger partial charge on any atom is 0.0647 e. The average molecular weight is 407 g/mol. The second-order valence-corrected chi connectivity index (χ2v) is 9.64. The fraction of sp³-hybridized carbons (Fsp3) is 0.667. The first-order valence-electron chi connectivity index (χ1n) is 10.7. The Kier molecular flexibility index (Phi) is 12.8. The third kappa shape index (κ3) is 11.9. The van der Waals surface area contributed by atoms with E-state index >= 15 is 0 Å². The molecule has 0 spiro atoms. The van der Waals surface area contributed by atoms with Gasteiger partial charge in [-0.15, -0.1) is 0 Å². The van der Waals surface area contributed by atoms with Crippen molar-refractivity contribution in [2.24, 2.45) is 11.3 Å². The smallest absolute Gasteiger partial charge is 0.0647 e. The lowest BCUT2D eigenvalue weighted by Crippen LogP contribution is -2.44. The van der Waals surface area contributed by atoms with Crippen LogP contribution in [0.5, 0.6) is 0 Å². The van der Waals surface area contributed by atoms with Gasteiger partial charge < -0.3 is 9.64 Å². The van der Waals surface area contributed by atoms with E-state index in [1.165, 1.54) is 17.9 Å². The first-order chi connectivity index (χ1) is 13.4. The Labute approximate surface area is 178 Å². The summed E-state index contributed by atoms with van der Waals surface area (Å²) >= 11 is 1.89. The molecular formula is C24H42N2OS. The minimum atomic E-state index is 0.253. The minimum Gasteiger partial charge on any atom is -0.381 e. The molecular weight excluding hydrogens is 364 g/mol. The molecule has 0 aromatic rings. The quantitative estimate of drug-likeness (QED) is 0.294. The summed E-state index contributed by atoms with van der Waals surface area (Å²) in [7, 11) is 1.74. The Balaban J connectivity index is 2.43. The van der Waals surface area contributed by atoms with Gasteiger partial charge in [0.25, 0.3) is 0 Å². The topological polar surface area (TPSA) is 15.7 Å². The standard InChI is InChI=1S/C24H42N2OS/c1-7-8-9-10-13-24(4,5)14-15-25-16-18-26(19-17-25)28-23(21-22(2)3)12-11-20-27-6/h8-13,21-22H,7,14-20H2,1-6H3/b9-8-,12-11-,13-10-,23-21+. The molecule has 28 heavy (non-hydrogen) atoms. The Hall–Kier alpha value is -0.810. The van der Waals surface area contributed by atoms with Crippen LogP contribution in [0.4, 0.5) is 0 Å². The Morgan fingerprint density at radius 1 is 1.11 bits per heavy atom. The molecule has 3 nitrogen and oxygen atoms in total. The van der Waals surface area contributed by atoms with Crippen molar-refractivity contribution < 1.29 is 4.74 Å². The number of methoxy groups -OCH3 is 1. The molecule has 0 atom stereocenters. The number of allylic oxidation sites excluding steroid dienone is 6. The van der Waals surface area contributed by atoms with Crippen LogP contribution in [-0.2, 0) is 4.74 Å². The van der Waals surface area contributed by atoms with Crippen molar-refractivity contribution in [3.8, 4) is 0 Å². The number of ether oxygens (including phenoxy) is 1. The van der Waals surface area contributed by atoms with Gasteiger partial charge in [-0.25, -0.2) is 4.31 Å². The first kappa shape index (κ1) is 25.2. The summed E-state index contributed by atoms with van der Waals surface area (Å²) in [6, 6.07) is 0. The van der Waals surface area contributed by atoms with Crippen molar-refractivity contribution in [2.45, 2.75) is 47.5 Å². The molecule has 0 N–H and O–H groups in total. The molecule has 1 heterocycles. The van der Waals surface area contributed by atoms with Crippen LogP contribution < -0.4 is 0 Å². The molecule has 1 aliphatic heterocycles. The normalized spacial score (nSPS) is 18.5. The Morgan fingerprint density at radius 3 is 2.43 bits per heavy atom. The van der Waals surface area contributed by atoms with E-state index in [0.29, 0.717) is 12.5 Å². The van der Waals surface area contributed by atoms with Gasteiger partial charge in [-0.05, 0) is 48.7 Å². The molecule has 1 saturated heterocycles. The number of nitrogens with zero attached hydrogens (tertiary/aromatic N) is 2. The third-order valence-corrected chi connectivity index (χ3v) is 5.82. The van der Waals surface area contributed by atoms with Crippen LogP contribution >= 0.6 is 11.9 Å². The van der Waals surface area contributed by atoms with Crippen LogP contribution in [0.3, 0.4) is 0 Å². The van der Waals surface area contributed by atoms with Gasteiger partial charge in [-0.3, -0.25) is 0 Å². The van der Waals surface area contributed by atoms with Gasteiger partial charge in [0.05, 0.1) is 6.61 Å². The predicted molar refractivity (Wildman–Crippen MR) is 127 cm³/mol. The molecule has 0 amide bonds. The van der Waals surface area contributed by atoms with Gasteiger partial charge in [-0.1, -0.05) is 71.1 Å². The zero-order valence-electron chi connectivity index (χ0n) is 19.0. The van der Waals surface area contributed by atoms with Gasteiger partial charge in [0, 0.05) is 38.2 Å². The maximum atomic E-state index is 5.14. The second-order valence-electron chi connectivity index (χ2n) is 8.47. The summed E-state index contributed by atoms with van der Waals surface area (Å²) in [6.45, 7) is 17.7. The largest absolute Gasteiger partial charge is 0.381 e. The Morgan fingerprint density at radius 2 is 1.82 bits per heavy atom. The van der Waals surface area contributed by atoms with Crippen LogP contribution in [0.25, 0.3) is 0 Å². The van der Waals surface area contributed by atoms with Crippen molar-refractivity contribution in [1.82, 2.24) is 9.21 Å². The highest BCUT2D eigenvalue weighted by molar-refractivity contribution is 8.01. The molecule has 4 heteroatoms. The van der Waals surface area contributed by atoms with E-state index in [2.05, 4.69) is 86.4 Å². The van der Waals surface area contributed by atoms with E-state index in [9.17, 15) is 0 Å². The highest BCUT2D eigenvalue weighted by Gasteiger charge is 2.21. The van der Waals surface area contributed by atoms with Crippen LogP contribution in [0, 0.1) is 11.3 Å². The predicted octanol–water partition coefficient (Wildman–Crippen LogP) is 5.93.